The van der Waals surface area contributed by atoms with Crippen molar-refractivity contribution in [3.63, 3.8) is 0 Å². The average molecular weight is 279 g/mol. The van der Waals surface area contributed by atoms with Gasteiger partial charge in [-0.1, -0.05) is 6.07 Å². The summed E-state index contributed by atoms with van der Waals surface area (Å²) in [7, 11) is 0. The second kappa shape index (κ2) is 6.39. The molecule has 1 unspecified atom stereocenters. The molecule has 1 aromatic rings. The van der Waals surface area contributed by atoms with Gasteiger partial charge in [0.1, 0.15) is 0 Å². The molecule has 0 spiro atoms. The summed E-state index contributed by atoms with van der Waals surface area (Å²) in [6.07, 6.45) is 4.12. The summed E-state index contributed by atoms with van der Waals surface area (Å²) in [5, 5.41) is 3.09. The zero-order chi connectivity index (χ0) is 13.7. The molecule has 1 amide bonds. The minimum Gasteiger partial charge on any atom is -0.349 e. The molecule has 0 saturated heterocycles. The standard InChI is InChI=1S/C14H21N3OS/c1-14(10-15,11-5-6-11)17-13(18)9-19-8-12-4-2-3-7-16-12/h2-4,7,11H,5-6,8-10,15H2,1H3,(H,17,18). The summed E-state index contributed by atoms with van der Waals surface area (Å²) in [6.45, 7) is 2.56. The normalized spacial score (nSPS) is 17.8. The van der Waals surface area contributed by atoms with Gasteiger partial charge < -0.3 is 11.1 Å². The minimum absolute atomic E-state index is 0.0702. The first-order chi connectivity index (χ1) is 9.14. The van der Waals surface area contributed by atoms with Crippen LogP contribution in [0.4, 0.5) is 0 Å². The molecule has 0 bridgehead atoms. The lowest BCUT2D eigenvalue weighted by Gasteiger charge is -2.29. The Labute approximate surface area is 118 Å². The van der Waals surface area contributed by atoms with E-state index in [-0.39, 0.29) is 11.4 Å². The second-order valence-corrected chi connectivity index (χ2v) is 6.24. The van der Waals surface area contributed by atoms with Gasteiger partial charge in [0.2, 0.25) is 5.91 Å². The van der Waals surface area contributed by atoms with Crippen LogP contribution in [0.1, 0.15) is 25.5 Å². The van der Waals surface area contributed by atoms with Crippen molar-refractivity contribution in [1.29, 1.82) is 0 Å². The lowest BCUT2D eigenvalue weighted by Crippen LogP contribution is -2.53. The highest BCUT2D eigenvalue weighted by atomic mass is 32.2. The molecule has 1 aliphatic carbocycles. The van der Waals surface area contributed by atoms with Crippen LogP contribution in [0.3, 0.4) is 0 Å². The Hall–Kier alpha value is -1.07. The molecule has 4 nitrogen and oxygen atoms in total. The fraction of sp³-hybridized carbons (Fsp3) is 0.571. The fourth-order valence-electron chi connectivity index (χ4n) is 2.13. The van der Waals surface area contributed by atoms with E-state index in [1.54, 1.807) is 18.0 Å². The predicted octanol–water partition coefficient (Wildman–Crippen LogP) is 1.56. The zero-order valence-corrected chi connectivity index (χ0v) is 12.1. The van der Waals surface area contributed by atoms with Crippen molar-refractivity contribution in [3.05, 3.63) is 30.1 Å². The van der Waals surface area contributed by atoms with E-state index in [1.807, 2.05) is 25.1 Å². The van der Waals surface area contributed by atoms with E-state index in [1.165, 1.54) is 12.8 Å². The van der Waals surface area contributed by atoms with Crippen LogP contribution in [0.5, 0.6) is 0 Å². The Balaban J connectivity index is 1.72. The van der Waals surface area contributed by atoms with Crippen molar-refractivity contribution in [3.8, 4) is 0 Å². The van der Waals surface area contributed by atoms with Gasteiger partial charge in [0.15, 0.2) is 0 Å². The van der Waals surface area contributed by atoms with Crippen LogP contribution in [-0.4, -0.2) is 28.7 Å². The first-order valence-electron chi connectivity index (χ1n) is 6.63. The number of carbonyl (C=O) groups excluding carboxylic acids is 1. The van der Waals surface area contributed by atoms with E-state index in [0.29, 0.717) is 18.2 Å². The summed E-state index contributed by atoms with van der Waals surface area (Å²) in [6, 6.07) is 5.82. The summed E-state index contributed by atoms with van der Waals surface area (Å²) in [4.78, 5) is 16.2. The Morgan fingerprint density at radius 3 is 2.95 bits per heavy atom. The number of thioether (sulfide) groups is 1. The molecular weight excluding hydrogens is 258 g/mol. The van der Waals surface area contributed by atoms with Gasteiger partial charge in [-0.15, -0.1) is 11.8 Å². The van der Waals surface area contributed by atoms with Crippen molar-refractivity contribution in [2.24, 2.45) is 11.7 Å². The maximum atomic E-state index is 11.9. The first-order valence-corrected chi connectivity index (χ1v) is 7.78. The molecule has 1 aliphatic rings. The highest BCUT2D eigenvalue weighted by Crippen LogP contribution is 2.38. The monoisotopic (exact) mass is 279 g/mol. The number of nitrogens with one attached hydrogen (secondary N) is 1. The Kier molecular flexibility index (Phi) is 4.82. The number of carbonyl (C=O) groups is 1. The number of pyridine rings is 1. The number of rotatable bonds is 7. The third-order valence-electron chi connectivity index (χ3n) is 3.54. The van der Waals surface area contributed by atoms with Crippen molar-refractivity contribution in [2.45, 2.75) is 31.1 Å². The van der Waals surface area contributed by atoms with Crippen molar-refractivity contribution < 1.29 is 4.79 Å². The van der Waals surface area contributed by atoms with Crippen LogP contribution in [0.15, 0.2) is 24.4 Å². The molecule has 104 valence electrons. The molecule has 0 radical (unpaired) electrons. The molecule has 0 aliphatic heterocycles. The van der Waals surface area contributed by atoms with E-state index in [2.05, 4.69) is 10.3 Å². The van der Waals surface area contributed by atoms with Gasteiger partial charge in [0.05, 0.1) is 17.0 Å². The maximum Gasteiger partial charge on any atom is 0.230 e. The van der Waals surface area contributed by atoms with Crippen LogP contribution in [0, 0.1) is 5.92 Å². The fourth-order valence-corrected chi connectivity index (χ4v) is 2.87. The third kappa shape index (κ3) is 4.21. The molecule has 1 aromatic heterocycles. The predicted molar refractivity (Wildman–Crippen MR) is 78.7 cm³/mol. The molecule has 1 heterocycles. The topological polar surface area (TPSA) is 68.0 Å². The Morgan fingerprint density at radius 2 is 2.37 bits per heavy atom. The van der Waals surface area contributed by atoms with Crippen LogP contribution < -0.4 is 11.1 Å². The van der Waals surface area contributed by atoms with Crippen LogP contribution in [0.2, 0.25) is 0 Å². The van der Waals surface area contributed by atoms with Crippen molar-refractivity contribution >= 4 is 17.7 Å². The summed E-state index contributed by atoms with van der Waals surface area (Å²) < 4.78 is 0. The second-order valence-electron chi connectivity index (χ2n) is 5.26. The van der Waals surface area contributed by atoms with Gasteiger partial charge in [-0.25, -0.2) is 0 Å². The molecule has 0 aromatic carbocycles. The van der Waals surface area contributed by atoms with Crippen LogP contribution in [0.25, 0.3) is 0 Å². The molecule has 5 heteroatoms. The smallest absolute Gasteiger partial charge is 0.230 e. The lowest BCUT2D eigenvalue weighted by molar-refractivity contribution is -0.120. The summed E-state index contributed by atoms with van der Waals surface area (Å²) >= 11 is 1.58. The largest absolute Gasteiger partial charge is 0.349 e. The molecule has 1 atom stereocenters. The number of nitrogens with zero attached hydrogens (tertiary/aromatic N) is 1. The van der Waals surface area contributed by atoms with Gasteiger partial charge >= 0.3 is 0 Å². The van der Waals surface area contributed by atoms with Gasteiger partial charge in [0.25, 0.3) is 0 Å². The Morgan fingerprint density at radius 1 is 1.58 bits per heavy atom. The van der Waals surface area contributed by atoms with Gasteiger partial charge in [0, 0.05) is 18.5 Å². The van der Waals surface area contributed by atoms with Crippen LogP contribution >= 0.6 is 11.8 Å². The van der Waals surface area contributed by atoms with E-state index in [0.717, 1.165) is 11.4 Å². The number of aromatic nitrogens is 1. The number of nitrogens with two attached hydrogens (primary N) is 1. The van der Waals surface area contributed by atoms with E-state index >= 15 is 0 Å². The summed E-state index contributed by atoms with van der Waals surface area (Å²) in [5.74, 6) is 1.85. The van der Waals surface area contributed by atoms with Crippen molar-refractivity contribution in [2.75, 3.05) is 12.3 Å². The van der Waals surface area contributed by atoms with E-state index < -0.39 is 0 Å². The number of amides is 1. The molecular formula is C14H21N3OS. The third-order valence-corrected chi connectivity index (χ3v) is 4.50. The van der Waals surface area contributed by atoms with Gasteiger partial charge in [-0.2, -0.15) is 0 Å². The average Bonchev–Trinajstić information content (AvgIpc) is 3.24. The molecule has 19 heavy (non-hydrogen) atoms. The SMILES string of the molecule is CC(CN)(NC(=O)CSCc1ccccn1)C1CC1. The lowest BCUT2D eigenvalue weighted by atomic mass is 9.96. The van der Waals surface area contributed by atoms with E-state index in [4.69, 9.17) is 5.73 Å². The zero-order valence-electron chi connectivity index (χ0n) is 11.3. The quantitative estimate of drug-likeness (QED) is 0.795. The molecule has 2 rings (SSSR count). The minimum atomic E-state index is -0.220. The van der Waals surface area contributed by atoms with Crippen molar-refractivity contribution in [1.82, 2.24) is 10.3 Å². The maximum absolute atomic E-state index is 11.9. The molecule has 1 fully saturated rings. The van der Waals surface area contributed by atoms with Crippen LogP contribution in [-0.2, 0) is 10.5 Å². The first kappa shape index (κ1) is 14.3. The Bertz CT molecular complexity index is 422. The van der Waals surface area contributed by atoms with E-state index in [9.17, 15) is 4.79 Å². The van der Waals surface area contributed by atoms with Gasteiger partial charge in [-0.05, 0) is 37.8 Å². The number of hydrogen-bond acceptors (Lipinski definition) is 4. The highest BCUT2D eigenvalue weighted by Gasteiger charge is 2.41. The molecule has 1 saturated carbocycles. The van der Waals surface area contributed by atoms with Gasteiger partial charge in [-0.3, -0.25) is 9.78 Å². The highest BCUT2D eigenvalue weighted by molar-refractivity contribution is 7.99. The molecule has 3 N–H and O–H groups in total. The summed E-state index contributed by atoms with van der Waals surface area (Å²) in [5.41, 5.74) is 6.57. The number of hydrogen-bond donors (Lipinski definition) is 2.